The van der Waals surface area contributed by atoms with E-state index < -0.39 is 0 Å². The van der Waals surface area contributed by atoms with E-state index in [2.05, 4.69) is 18.4 Å². The molecule has 10 heavy (non-hydrogen) atoms. The predicted octanol–water partition coefficient (Wildman–Crippen LogP) is 1.80. The largest absolute Gasteiger partial charge is 0.294 e. The van der Waals surface area contributed by atoms with Crippen molar-refractivity contribution in [3.63, 3.8) is 0 Å². The fourth-order valence-corrected chi connectivity index (χ4v) is 2.32. The summed E-state index contributed by atoms with van der Waals surface area (Å²) in [5, 5.41) is 0. The summed E-state index contributed by atoms with van der Waals surface area (Å²) in [6, 6.07) is 0. The minimum absolute atomic E-state index is 0.403. The first-order valence-electron chi connectivity index (χ1n) is 4.17. The molecule has 0 saturated carbocycles. The third-order valence-electron chi connectivity index (χ3n) is 3.23. The van der Waals surface area contributed by atoms with Gasteiger partial charge in [0.1, 0.15) is 0 Å². The van der Waals surface area contributed by atoms with Crippen molar-refractivity contribution >= 4 is 0 Å². The van der Waals surface area contributed by atoms with Gasteiger partial charge in [-0.25, -0.2) is 0 Å². The molecule has 1 atom stereocenters. The van der Waals surface area contributed by atoms with E-state index in [0.717, 1.165) is 0 Å². The van der Waals surface area contributed by atoms with Gasteiger partial charge in [-0.1, -0.05) is 12.2 Å². The summed E-state index contributed by atoms with van der Waals surface area (Å²) < 4.78 is 0. The van der Waals surface area contributed by atoms with Crippen molar-refractivity contribution in [3.05, 3.63) is 12.2 Å². The Morgan fingerprint density at radius 1 is 1.50 bits per heavy atom. The van der Waals surface area contributed by atoms with Crippen LogP contribution in [0.1, 0.15) is 26.2 Å². The van der Waals surface area contributed by atoms with Crippen molar-refractivity contribution < 1.29 is 0 Å². The molecule has 0 bridgehead atoms. The smallest absolute Gasteiger partial charge is 0.0390 e. The van der Waals surface area contributed by atoms with Crippen LogP contribution in [0, 0.1) is 0 Å². The molecule has 2 aliphatic rings. The van der Waals surface area contributed by atoms with E-state index in [0.29, 0.717) is 5.54 Å². The fraction of sp³-hybridized carbons (Fsp3) is 0.778. The second-order valence-corrected chi connectivity index (χ2v) is 3.72. The lowest BCUT2D eigenvalue weighted by Gasteiger charge is -2.27. The topological polar surface area (TPSA) is 3.24 Å². The van der Waals surface area contributed by atoms with Crippen molar-refractivity contribution in [2.75, 3.05) is 13.1 Å². The molecule has 0 aromatic rings. The molecule has 0 unspecified atom stereocenters. The highest BCUT2D eigenvalue weighted by Crippen LogP contribution is 2.41. The molecule has 0 aromatic carbocycles. The average Bonchev–Trinajstić information content (AvgIpc) is 2.36. The van der Waals surface area contributed by atoms with Crippen LogP contribution < -0.4 is 0 Å². The summed E-state index contributed by atoms with van der Waals surface area (Å²) >= 11 is 0. The highest BCUT2D eigenvalue weighted by molar-refractivity contribution is 5.22. The van der Waals surface area contributed by atoms with Gasteiger partial charge < -0.3 is 0 Å². The first-order valence-corrected chi connectivity index (χ1v) is 4.17. The minimum Gasteiger partial charge on any atom is -0.294 e. The van der Waals surface area contributed by atoms with Gasteiger partial charge in [-0.2, -0.15) is 0 Å². The Morgan fingerprint density at radius 3 is 3.00 bits per heavy atom. The van der Waals surface area contributed by atoms with Crippen molar-refractivity contribution in [2.24, 2.45) is 0 Å². The first-order chi connectivity index (χ1) is 4.73. The molecule has 0 aliphatic carbocycles. The van der Waals surface area contributed by atoms with Crippen LogP contribution in [-0.2, 0) is 0 Å². The Balaban J connectivity index is 2.30. The normalized spacial score (nSPS) is 40.7. The van der Waals surface area contributed by atoms with Crippen LogP contribution in [-0.4, -0.2) is 23.5 Å². The summed E-state index contributed by atoms with van der Waals surface area (Å²) in [4.78, 5) is 2.58. The van der Waals surface area contributed by atoms with Gasteiger partial charge in [-0.3, -0.25) is 4.90 Å². The zero-order chi connectivity index (χ0) is 7.19. The zero-order valence-corrected chi connectivity index (χ0v) is 6.69. The van der Waals surface area contributed by atoms with Crippen LogP contribution in [0.3, 0.4) is 0 Å². The van der Waals surface area contributed by atoms with Crippen molar-refractivity contribution in [2.45, 2.75) is 31.7 Å². The molecule has 0 spiro atoms. The SMILES string of the molecule is C=C1CCN2CCC[C@@]12C. The number of hydrogen-bond donors (Lipinski definition) is 0. The number of nitrogens with zero attached hydrogens (tertiary/aromatic N) is 1. The quantitative estimate of drug-likeness (QED) is 0.460. The zero-order valence-electron chi connectivity index (χ0n) is 6.69. The first kappa shape index (κ1) is 6.41. The lowest BCUT2D eigenvalue weighted by atomic mass is 9.92. The maximum absolute atomic E-state index is 4.13. The second-order valence-electron chi connectivity index (χ2n) is 3.72. The standard InChI is InChI=1S/C9H15N/c1-8-4-7-10-6-3-5-9(8,10)2/h1,3-7H2,2H3/t9-/m0/s1. The Hall–Kier alpha value is -0.300. The van der Waals surface area contributed by atoms with Crippen LogP contribution >= 0.6 is 0 Å². The summed E-state index contributed by atoms with van der Waals surface area (Å²) in [5.74, 6) is 0. The lowest BCUT2D eigenvalue weighted by molar-refractivity contribution is 0.245. The summed E-state index contributed by atoms with van der Waals surface area (Å²) in [7, 11) is 0. The molecule has 2 saturated heterocycles. The Bertz CT molecular complexity index is 174. The van der Waals surface area contributed by atoms with E-state index >= 15 is 0 Å². The summed E-state index contributed by atoms with van der Waals surface area (Å²) in [6.07, 6.45) is 3.94. The molecular formula is C9H15N. The van der Waals surface area contributed by atoms with Crippen LogP contribution in [0.15, 0.2) is 12.2 Å². The van der Waals surface area contributed by atoms with Gasteiger partial charge in [0.15, 0.2) is 0 Å². The maximum atomic E-state index is 4.13. The Kier molecular flexibility index (Phi) is 1.19. The Labute approximate surface area is 62.7 Å². The Morgan fingerprint density at radius 2 is 2.30 bits per heavy atom. The number of rotatable bonds is 0. The monoisotopic (exact) mass is 137 g/mol. The molecule has 1 nitrogen and oxygen atoms in total. The molecule has 56 valence electrons. The van der Waals surface area contributed by atoms with Gasteiger partial charge in [0.25, 0.3) is 0 Å². The number of fused-ring (bicyclic) bond motifs is 1. The van der Waals surface area contributed by atoms with Crippen LogP contribution in [0.2, 0.25) is 0 Å². The van der Waals surface area contributed by atoms with Crippen molar-refractivity contribution in [1.82, 2.24) is 4.90 Å². The molecule has 2 fully saturated rings. The van der Waals surface area contributed by atoms with Crippen LogP contribution in [0.5, 0.6) is 0 Å². The van der Waals surface area contributed by atoms with Crippen molar-refractivity contribution in [3.8, 4) is 0 Å². The van der Waals surface area contributed by atoms with Gasteiger partial charge in [0.2, 0.25) is 0 Å². The second kappa shape index (κ2) is 1.85. The summed E-state index contributed by atoms with van der Waals surface area (Å²) in [5.41, 5.74) is 1.87. The fourth-order valence-electron chi connectivity index (χ4n) is 2.32. The third kappa shape index (κ3) is 0.615. The molecule has 0 radical (unpaired) electrons. The lowest BCUT2D eigenvalue weighted by Crippen LogP contribution is -2.35. The molecule has 2 rings (SSSR count). The molecule has 0 amide bonds. The maximum Gasteiger partial charge on any atom is 0.0390 e. The van der Waals surface area contributed by atoms with Crippen LogP contribution in [0.4, 0.5) is 0 Å². The molecule has 2 aliphatic heterocycles. The number of hydrogen-bond acceptors (Lipinski definition) is 1. The van der Waals surface area contributed by atoms with E-state index in [9.17, 15) is 0 Å². The highest BCUT2D eigenvalue weighted by Gasteiger charge is 2.42. The predicted molar refractivity (Wildman–Crippen MR) is 43.0 cm³/mol. The molecule has 0 N–H and O–H groups in total. The molecule has 2 heterocycles. The van der Waals surface area contributed by atoms with Gasteiger partial charge in [-0.05, 0) is 32.7 Å². The highest BCUT2D eigenvalue weighted by atomic mass is 15.2. The van der Waals surface area contributed by atoms with Gasteiger partial charge >= 0.3 is 0 Å². The van der Waals surface area contributed by atoms with Gasteiger partial charge in [-0.15, -0.1) is 0 Å². The van der Waals surface area contributed by atoms with Gasteiger partial charge in [0, 0.05) is 12.1 Å². The van der Waals surface area contributed by atoms with E-state index in [4.69, 9.17) is 0 Å². The summed E-state index contributed by atoms with van der Waals surface area (Å²) in [6.45, 7) is 9.03. The average molecular weight is 137 g/mol. The van der Waals surface area contributed by atoms with Crippen molar-refractivity contribution in [1.29, 1.82) is 0 Å². The van der Waals surface area contributed by atoms with E-state index in [1.807, 2.05) is 0 Å². The van der Waals surface area contributed by atoms with Crippen LogP contribution in [0.25, 0.3) is 0 Å². The molecular weight excluding hydrogens is 122 g/mol. The van der Waals surface area contributed by atoms with E-state index in [-0.39, 0.29) is 0 Å². The van der Waals surface area contributed by atoms with E-state index in [1.165, 1.54) is 37.9 Å². The minimum atomic E-state index is 0.403. The molecule has 1 heteroatoms. The van der Waals surface area contributed by atoms with Gasteiger partial charge in [0.05, 0.1) is 0 Å². The molecule has 0 aromatic heterocycles. The van der Waals surface area contributed by atoms with E-state index in [1.54, 1.807) is 0 Å². The third-order valence-corrected chi connectivity index (χ3v) is 3.23.